The molecule has 3 nitrogen and oxygen atoms in total. The Balaban J connectivity index is 2.00. The van der Waals surface area contributed by atoms with E-state index in [1.807, 2.05) is 12.4 Å². The van der Waals surface area contributed by atoms with Crippen LogP contribution >= 0.6 is 0 Å². The minimum atomic E-state index is 0.498. The molecule has 3 heteroatoms. The molecule has 1 aliphatic rings. The largest absolute Gasteiger partial charge is 0.317 e. The molecule has 0 aliphatic carbocycles. The van der Waals surface area contributed by atoms with E-state index in [-0.39, 0.29) is 0 Å². The minimum absolute atomic E-state index is 0.498. The van der Waals surface area contributed by atoms with Gasteiger partial charge in [0.15, 0.2) is 0 Å². The number of aromatic nitrogens is 1. The van der Waals surface area contributed by atoms with Crippen LogP contribution in [0.3, 0.4) is 0 Å². The van der Waals surface area contributed by atoms with Crippen LogP contribution in [0.15, 0.2) is 24.5 Å². The number of pyridine rings is 1. The van der Waals surface area contributed by atoms with E-state index in [0.29, 0.717) is 12.1 Å². The molecular weight excluding hydrogens is 210 g/mol. The van der Waals surface area contributed by atoms with Crippen molar-refractivity contribution in [2.45, 2.75) is 32.4 Å². The summed E-state index contributed by atoms with van der Waals surface area (Å²) in [5.41, 5.74) is 1.37. The first-order chi connectivity index (χ1) is 8.22. The summed E-state index contributed by atoms with van der Waals surface area (Å²) in [6.45, 7) is 6.99. The highest BCUT2D eigenvalue weighted by molar-refractivity contribution is 5.14. The summed E-state index contributed by atoms with van der Waals surface area (Å²) in [6, 6.07) is 5.42. The summed E-state index contributed by atoms with van der Waals surface area (Å²) < 4.78 is 0. The number of rotatable bonds is 3. The van der Waals surface area contributed by atoms with Crippen LogP contribution in [0.1, 0.15) is 31.9 Å². The fourth-order valence-electron chi connectivity index (χ4n) is 2.81. The SMILES string of the molecule is CNC1CCN(C(C)c2ccncc2)CC1C. The van der Waals surface area contributed by atoms with Crippen LogP contribution < -0.4 is 5.32 Å². The summed E-state index contributed by atoms with van der Waals surface area (Å²) in [6.07, 6.45) is 5.01. The van der Waals surface area contributed by atoms with Crippen molar-refractivity contribution in [3.05, 3.63) is 30.1 Å². The molecule has 1 aromatic rings. The number of hydrogen-bond acceptors (Lipinski definition) is 3. The van der Waals surface area contributed by atoms with E-state index in [1.165, 1.54) is 25.1 Å². The van der Waals surface area contributed by atoms with Crippen molar-refractivity contribution in [1.82, 2.24) is 15.2 Å². The smallest absolute Gasteiger partial charge is 0.0321 e. The highest BCUT2D eigenvalue weighted by Gasteiger charge is 2.27. The lowest BCUT2D eigenvalue weighted by Crippen LogP contribution is -2.47. The van der Waals surface area contributed by atoms with Crippen molar-refractivity contribution in [3.63, 3.8) is 0 Å². The van der Waals surface area contributed by atoms with Gasteiger partial charge in [-0.15, -0.1) is 0 Å². The molecule has 0 spiro atoms. The lowest BCUT2D eigenvalue weighted by molar-refractivity contribution is 0.114. The Kier molecular flexibility index (Phi) is 4.13. The topological polar surface area (TPSA) is 28.2 Å². The van der Waals surface area contributed by atoms with Gasteiger partial charge in [0.05, 0.1) is 0 Å². The predicted molar refractivity (Wildman–Crippen MR) is 70.9 cm³/mol. The molecule has 1 N–H and O–H groups in total. The van der Waals surface area contributed by atoms with Crippen LogP contribution in [-0.2, 0) is 0 Å². The third-order valence-electron chi connectivity index (χ3n) is 4.04. The molecule has 1 fully saturated rings. The Morgan fingerprint density at radius 1 is 1.41 bits per heavy atom. The van der Waals surface area contributed by atoms with E-state index in [2.05, 4.69) is 48.2 Å². The molecule has 94 valence electrons. The first-order valence-corrected chi connectivity index (χ1v) is 6.53. The van der Waals surface area contributed by atoms with Crippen LogP contribution in [0.25, 0.3) is 0 Å². The van der Waals surface area contributed by atoms with E-state index >= 15 is 0 Å². The second-order valence-electron chi connectivity index (χ2n) is 5.11. The van der Waals surface area contributed by atoms with Gasteiger partial charge in [0.25, 0.3) is 0 Å². The molecule has 0 aromatic carbocycles. The first-order valence-electron chi connectivity index (χ1n) is 6.53. The zero-order chi connectivity index (χ0) is 12.3. The molecular formula is C14H23N3. The molecule has 3 atom stereocenters. The van der Waals surface area contributed by atoms with Crippen LogP contribution in [0, 0.1) is 5.92 Å². The Labute approximate surface area is 104 Å². The number of piperidine rings is 1. The van der Waals surface area contributed by atoms with Gasteiger partial charge in [-0.05, 0) is 44.0 Å². The second kappa shape index (κ2) is 5.61. The average Bonchev–Trinajstić information content (AvgIpc) is 2.39. The molecule has 3 unspecified atom stereocenters. The molecule has 0 amide bonds. The predicted octanol–water partition coefficient (Wildman–Crippen LogP) is 2.07. The molecule has 2 rings (SSSR count). The van der Waals surface area contributed by atoms with Crippen LogP contribution in [0.5, 0.6) is 0 Å². The average molecular weight is 233 g/mol. The van der Waals surface area contributed by atoms with Crippen LogP contribution in [-0.4, -0.2) is 36.1 Å². The summed E-state index contributed by atoms with van der Waals surface area (Å²) in [4.78, 5) is 6.66. The number of nitrogens with zero attached hydrogens (tertiary/aromatic N) is 2. The summed E-state index contributed by atoms with van der Waals surface area (Å²) in [5, 5.41) is 3.42. The van der Waals surface area contributed by atoms with Gasteiger partial charge >= 0.3 is 0 Å². The Hall–Kier alpha value is -0.930. The van der Waals surface area contributed by atoms with Crippen molar-refractivity contribution in [2.24, 2.45) is 5.92 Å². The maximum absolute atomic E-state index is 4.08. The highest BCUT2D eigenvalue weighted by atomic mass is 15.2. The summed E-state index contributed by atoms with van der Waals surface area (Å²) in [7, 11) is 2.07. The number of nitrogens with one attached hydrogen (secondary N) is 1. The van der Waals surface area contributed by atoms with Gasteiger partial charge in [0.1, 0.15) is 0 Å². The monoisotopic (exact) mass is 233 g/mol. The maximum atomic E-state index is 4.08. The quantitative estimate of drug-likeness (QED) is 0.866. The van der Waals surface area contributed by atoms with Gasteiger partial charge in [0, 0.05) is 37.6 Å². The fourth-order valence-corrected chi connectivity index (χ4v) is 2.81. The van der Waals surface area contributed by atoms with Gasteiger partial charge < -0.3 is 5.32 Å². The lowest BCUT2D eigenvalue weighted by Gasteiger charge is -2.40. The second-order valence-corrected chi connectivity index (χ2v) is 5.11. The van der Waals surface area contributed by atoms with Gasteiger partial charge in [-0.2, -0.15) is 0 Å². The molecule has 0 radical (unpaired) electrons. The summed E-state index contributed by atoms with van der Waals surface area (Å²) in [5.74, 6) is 0.720. The van der Waals surface area contributed by atoms with E-state index in [1.54, 1.807) is 0 Å². The molecule has 0 saturated carbocycles. The van der Waals surface area contributed by atoms with Gasteiger partial charge in [0.2, 0.25) is 0 Å². The molecule has 1 aliphatic heterocycles. The molecule has 17 heavy (non-hydrogen) atoms. The zero-order valence-electron chi connectivity index (χ0n) is 11.1. The minimum Gasteiger partial charge on any atom is -0.317 e. The van der Waals surface area contributed by atoms with Gasteiger partial charge in [-0.3, -0.25) is 9.88 Å². The zero-order valence-corrected chi connectivity index (χ0v) is 11.1. The normalized spacial score (nSPS) is 27.9. The highest BCUT2D eigenvalue weighted by Crippen LogP contribution is 2.26. The third kappa shape index (κ3) is 2.85. The number of likely N-dealkylation sites (tertiary alicyclic amines) is 1. The van der Waals surface area contributed by atoms with Crippen molar-refractivity contribution in [2.75, 3.05) is 20.1 Å². The third-order valence-corrected chi connectivity index (χ3v) is 4.04. The Bertz CT molecular complexity index is 339. The van der Waals surface area contributed by atoms with Gasteiger partial charge in [-0.25, -0.2) is 0 Å². The van der Waals surface area contributed by atoms with E-state index in [0.717, 1.165) is 5.92 Å². The van der Waals surface area contributed by atoms with E-state index in [4.69, 9.17) is 0 Å². The van der Waals surface area contributed by atoms with Crippen molar-refractivity contribution in [1.29, 1.82) is 0 Å². The molecule has 2 heterocycles. The van der Waals surface area contributed by atoms with Gasteiger partial charge in [-0.1, -0.05) is 6.92 Å². The van der Waals surface area contributed by atoms with Crippen molar-refractivity contribution >= 4 is 0 Å². The standard InChI is InChI=1S/C14H23N3/c1-11-10-17(9-6-14(11)15-3)12(2)13-4-7-16-8-5-13/h4-5,7-8,11-12,14-15H,6,9-10H2,1-3H3. The Morgan fingerprint density at radius 2 is 2.12 bits per heavy atom. The lowest BCUT2D eigenvalue weighted by atomic mass is 9.92. The van der Waals surface area contributed by atoms with Crippen LogP contribution in [0.2, 0.25) is 0 Å². The molecule has 1 aromatic heterocycles. The molecule has 1 saturated heterocycles. The first kappa shape index (κ1) is 12.5. The van der Waals surface area contributed by atoms with Crippen molar-refractivity contribution in [3.8, 4) is 0 Å². The summed E-state index contributed by atoms with van der Waals surface area (Å²) >= 11 is 0. The maximum Gasteiger partial charge on any atom is 0.0321 e. The van der Waals surface area contributed by atoms with E-state index < -0.39 is 0 Å². The van der Waals surface area contributed by atoms with Crippen molar-refractivity contribution < 1.29 is 0 Å². The Morgan fingerprint density at radius 3 is 2.71 bits per heavy atom. The molecule has 0 bridgehead atoms. The number of hydrogen-bond donors (Lipinski definition) is 1. The fraction of sp³-hybridized carbons (Fsp3) is 0.643. The van der Waals surface area contributed by atoms with E-state index in [9.17, 15) is 0 Å². The van der Waals surface area contributed by atoms with Crippen LogP contribution in [0.4, 0.5) is 0 Å².